The summed E-state index contributed by atoms with van der Waals surface area (Å²) in [6, 6.07) is 12.9. The highest BCUT2D eigenvalue weighted by Crippen LogP contribution is 2.29. The summed E-state index contributed by atoms with van der Waals surface area (Å²) in [4.78, 5) is 11.2. The van der Waals surface area contributed by atoms with Crippen molar-refractivity contribution < 1.29 is 9.53 Å². The van der Waals surface area contributed by atoms with Gasteiger partial charge in [0, 0.05) is 11.3 Å². The van der Waals surface area contributed by atoms with E-state index >= 15 is 0 Å². The van der Waals surface area contributed by atoms with Crippen molar-refractivity contribution in [3.8, 4) is 5.75 Å². The van der Waals surface area contributed by atoms with Gasteiger partial charge in [0.15, 0.2) is 0 Å². The van der Waals surface area contributed by atoms with Crippen molar-refractivity contribution in [1.82, 2.24) is 0 Å². The minimum Gasteiger partial charge on any atom is -0.496 e. The van der Waals surface area contributed by atoms with Crippen LogP contribution in [0.5, 0.6) is 5.75 Å². The fourth-order valence-electron chi connectivity index (χ4n) is 2.16. The lowest BCUT2D eigenvalue weighted by atomic mass is 10.1. The molecule has 21 heavy (non-hydrogen) atoms. The zero-order valence-corrected chi connectivity index (χ0v) is 12.6. The Kier molecular flexibility index (Phi) is 4.70. The third-order valence-corrected chi connectivity index (χ3v) is 3.54. The predicted octanol–water partition coefficient (Wildman–Crippen LogP) is 3.62. The molecule has 0 aromatic heterocycles. The van der Waals surface area contributed by atoms with Gasteiger partial charge in [-0.3, -0.25) is 4.79 Å². The first-order valence-electron chi connectivity index (χ1n) is 6.51. The van der Waals surface area contributed by atoms with E-state index in [0.29, 0.717) is 10.6 Å². The molecule has 0 aliphatic carbocycles. The van der Waals surface area contributed by atoms with Crippen molar-refractivity contribution in [2.75, 3.05) is 12.4 Å². The van der Waals surface area contributed by atoms with E-state index in [0.717, 1.165) is 17.0 Å². The maximum absolute atomic E-state index is 11.2. The van der Waals surface area contributed by atoms with E-state index < -0.39 is 5.91 Å². The number of carbonyl (C=O) groups is 1. The van der Waals surface area contributed by atoms with Crippen molar-refractivity contribution >= 4 is 23.2 Å². The molecule has 1 amide bonds. The highest BCUT2D eigenvalue weighted by molar-refractivity contribution is 6.34. The van der Waals surface area contributed by atoms with Gasteiger partial charge in [-0.1, -0.05) is 29.8 Å². The molecule has 0 fully saturated rings. The van der Waals surface area contributed by atoms with Crippen LogP contribution in [-0.4, -0.2) is 13.0 Å². The molecule has 0 bridgehead atoms. The second-order valence-corrected chi connectivity index (χ2v) is 5.07. The van der Waals surface area contributed by atoms with Crippen LogP contribution in [0.15, 0.2) is 42.5 Å². The summed E-state index contributed by atoms with van der Waals surface area (Å²) < 4.78 is 5.35. The van der Waals surface area contributed by atoms with Crippen molar-refractivity contribution in [2.24, 2.45) is 5.73 Å². The summed E-state index contributed by atoms with van der Waals surface area (Å²) in [7, 11) is 1.64. The number of primary amides is 1. The topological polar surface area (TPSA) is 64.3 Å². The van der Waals surface area contributed by atoms with Gasteiger partial charge < -0.3 is 15.8 Å². The Balaban J connectivity index is 2.21. The summed E-state index contributed by atoms with van der Waals surface area (Å²) in [6.45, 7) is 2.02. The number of amides is 1. The number of ether oxygens (including phenoxy) is 1. The number of para-hydroxylation sites is 1. The molecule has 3 N–H and O–H groups in total. The first-order valence-corrected chi connectivity index (χ1v) is 6.89. The Morgan fingerprint density at radius 2 is 2.00 bits per heavy atom. The fraction of sp³-hybridized carbons (Fsp3) is 0.188. The van der Waals surface area contributed by atoms with E-state index in [2.05, 4.69) is 5.32 Å². The van der Waals surface area contributed by atoms with E-state index in [1.54, 1.807) is 25.3 Å². The number of benzene rings is 2. The standard InChI is InChI=1S/C16H17ClN2O2/c1-10(12-5-3-4-6-15(12)21-2)19-11-7-8-13(16(18)20)14(17)9-11/h3-10,19H,1-2H3,(H2,18,20). The molecule has 110 valence electrons. The molecule has 0 radical (unpaired) electrons. The predicted molar refractivity (Wildman–Crippen MR) is 85.0 cm³/mol. The molecule has 5 heteroatoms. The Morgan fingerprint density at radius 3 is 2.62 bits per heavy atom. The van der Waals surface area contributed by atoms with Crippen molar-refractivity contribution in [3.05, 3.63) is 58.6 Å². The lowest BCUT2D eigenvalue weighted by Gasteiger charge is -2.18. The summed E-state index contributed by atoms with van der Waals surface area (Å²) in [6.07, 6.45) is 0. The number of anilines is 1. The largest absolute Gasteiger partial charge is 0.496 e. The lowest BCUT2D eigenvalue weighted by Crippen LogP contribution is -2.12. The van der Waals surface area contributed by atoms with E-state index in [1.165, 1.54) is 0 Å². The first kappa shape index (κ1) is 15.2. The van der Waals surface area contributed by atoms with Gasteiger partial charge in [-0.05, 0) is 31.2 Å². The van der Waals surface area contributed by atoms with Crippen molar-refractivity contribution in [2.45, 2.75) is 13.0 Å². The number of carbonyl (C=O) groups excluding carboxylic acids is 1. The van der Waals surface area contributed by atoms with Crippen molar-refractivity contribution in [3.63, 3.8) is 0 Å². The maximum atomic E-state index is 11.2. The van der Waals surface area contributed by atoms with Crippen LogP contribution in [0, 0.1) is 0 Å². The van der Waals surface area contributed by atoms with E-state index in [4.69, 9.17) is 22.1 Å². The first-order chi connectivity index (χ1) is 10.0. The minimum atomic E-state index is -0.538. The Labute approximate surface area is 128 Å². The number of rotatable bonds is 5. The van der Waals surface area contributed by atoms with Crippen LogP contribution in [0.25, 0.3) is 0 Å². The second kappa shape index (κ2) is 6.50. The Hall–Kier alpha value is -2.20. The van der Waals surface area contributed by atoms with Gasteiger partial charge in [-0.2, -0.15) is 0 Å². The number of nitrogens with two attached hydrogens (primary N) is 1. The summed E-state index contributed by atoms with van der Waals surface area (Å²) in [5, 5.41) is 3.66. The average Bonchev–Trinajstić information content (AvgIpc) is 2.46. The van der Waals surface area contributed by atoms with Gasteiger partial charge >= 0.3 is 0 Å². The van der Waals surface area contributed by atoms with Gasteiger partial charge in [0.25, 0.3) is 0 Å². The molecule has 2 aromatic carbocycles. The van der Waals surface area contributed by atoms with Gasteiger partial charge in [0.1, 0.15) is 5.75 Å². The van der Waals surface area contributed by atoms with Gasteiger partial charge in [0.05, 0.1) is 23.7 Å². The summed E-state index contributed by atoms with van der Waals surface area (Å²) in [5.41, 5.74) is 7.39. The van der Waals surface area contributed by atoms with Crippen LogP contribution in [0.4, 0.5) is 5.69 Å². The maximum Gasteiger partial charge on any atom is 0.250 e. The van der Waals surface area contributed by atoms with Crippen LogP contribution in [0.2, 0.25) is 5.02 Å². The van der Waals surface area contributed by atoms with Gasteiger partial charge in [-0.15, -0.1) is 0 Å². The van der Waals surface area contributed by atoms with E-state index in [1.807, 2.05) is 31.2 Å². The van der Waals surface area contributed by atoms with Crippen LogP contribution >= 0.6 is 11.6 Å². The van der Waals surface area contributed by atoms with E-state index in [-0.39, 0.29) is 6.04 Å². The SMILES string of the molecule is COc1ccccc1C(C)Nc1ccc(C(N)=O)c(Cl)c1. The molecule has 4 nitrogen and oxygen atoms in total. The summed E-state index contributed by atoms with van der Waals surface area (Å²) in [5.74, 6) is 0.279. The smallest absolute Gasteiger partial charge is 0.250 e. The van der Waals surface area contributed by atoms with E-state index in [9.17, 15) is 4.79 Å². The highest BCUT2D eigenvalue weighted by atomic mass is 35.5. The Bertz CT molecular complexity index is 658. The van der Waals surface area contributed by atoms with Gasteiger partial charge in [-0.25, -0.2) is 0 Å². The third-order valence-electron chi connectivity index (χ3n) is 3.22. The number of methoxy groups -OCH3 is 1. The van der Waals surface area contributed by atoms with Gasteiger partial charge in [0.2, 0.25) is 5.91 Å². The molecular formula is C16H17ClN2O2. The molecular weight excluding hydrogens is 288 g/mol. The zero-order valence-electron chi connectivity index (χ0n) is 11.9. The van der Waals surface area contributed by atoms with Crippen LogP contribution in [0.1, 0.15) is 28.9 Å². The lowest BCUT2D eigenvalue weighted by molar-refractivity contribution is 0.100. The number of hydrogen-bond donors (Lipinski definition) is 2. The van der Waals surface area contributed by atoms with Crippen LogP contribution < -0.4 is 15.8 Å². The third kappa shape index (κ3) is 3.47. The molecule has 0 saturated carbocycles. The number of nitrogens with one attached hydrogen (secondary N) is 1. The molecule has 0 aliphatic rings. The van der Waals surface area contributed by atoms with Crippen LogP contribution in [-0.2, 0) is 0 Å². The number of halogens is 1. The minimum absolute atomic E-state index is 0.0247. The van der Waals surface area contributed by atoms with Crippen LogP contribution in [0.3, 0.4) is 0 Å². The molecule has 1 unspecified atom stereocenters. The molecule has 0 saturated heterocycles. The molecule has 0 spiro atoms. The number of hydrogen-bond acceptors (Lipinski definition) is 3. The molecule has 0 heterocycles. The fourth-order valence-corrected chi connectivity index (χ4v) is 2.43. The molecule has 2 rings (SSSR count). The normalized spacial score (nSPS) is 11.8. The quantitative estimate of drug-likeness (QED) is 0.886. The summed E-state index contributed by atoms with van der Waals surface area (Å²) >= 11 is 6.05. The molecule has 1 atom stereocenters. The van der Waals surface area contributed by atoms with Crippen molar-refractivity contribution in [1.29, 1.82) is 0 Å². The Morgan fingerprint density at radius 1 is 1.29 bits per heavy atom. The molecule has 0 aliphatic heterocycles. The monoisotopic (exact) mass is 304 g/mol. The zero-order chi connectivity index (χ0) is 15.4. The second-order valence-electron chi connectivity index (χ2n) is 4.67. The molecule has 2 aromatic rings. The average molecular weight is 305 g/mol. The highest BCUT2D eigenvalue weighted by Gasteiger charge is 2.12.